The SMILES string of the molecule is [Mn].[O]=[Fe].[Pr].[SrH2]. The van der Waals surface area contributed by atoms with Crippen LogP contribution in [0.5, 0.6) is 0 Å². The van der Waals surface area contributed by atoms with Gasteiger partial charge in [0.05, 0.1) is 0 Å². The van der Waals surface area contributed by atoms with Gasteiger partial charge in [-0.05, 0) is 0 Å². The second kappa shape index (κ2) is 25.3. The third-order valence-electron chi connectivity index (χ3n) is 0. The van der Waals surface area contributed by atoms with Crippen LogP contribution in [-0.4, -0.2) is 45.5 Å². The maximum absolute atomic E-state index is 8.00. The van der Waals surface area contributed by atoms with Gasteiger partial charge in [-0.1, -0.05) is 0 Å². The predicted molar refractivity (Wildman–Crippen MR) is 9.23 cm³/mol. The normalized spacial score (nSPS) is 1.00. The maximum atomic E-state index is 8.00. The third-order valence-corrected chi connectivity index (χ3v) is 0. The Labute approximate surface area is 120 Å². The van der Waals surface area contributed by atoms with Gasteiger partial charge >= 0.3 is 65.3 Å². The Bertz CT molecular complexity index is 11.6. The molecule has 0 unspecified atom stereocenters. The van der Waals surface area contributed by atoms with Gasteiger partial charge in [0, 0.05) is 58.4 Å². The van der Waals surface area contributed by atoms with E-state index in [0.717, 1.165) is 0 Å². The molecule has 0 aliphatic rings. The van der Waals surface area contributed by atoms with Crippen molar-refractivity contribution in [2.75, 3.05) is 0 Å². The summed E-state index contributed by atoms with van der Waals surface area (Å²) >= 11 is 2.00. The average molecular weight is 357 g/mol. The van der Waals surface area contributed by atoms with Crippen LogP contribution in [0.3, 0.4) is 0 Å². The van der Waals surface area contributed by atoms with Crippen molar-refractivity contribution in [2.45, 2.75) is 0 Å². The van der Waals surface area contributed by atoms with Crippen molar-refractivity contribution < 1.29 is 78.1 Å². The monoisotopic (exact) mass is 358 g/mol. The standard InChI is InChI=1S/Fe.Mn.O.Pr.Sr.2H. The Morgan fingerprint density at radius 3 is 1.20 bits per heavy atom. The Kier molecular flexibility index (Phi) is 118. The molecule has 0 aromatic rings. The van der Waals surface area contributed by atoms with Crippen LogP contribution in [0.2, 0.25) is 0 Å². The molecule has 0 heterocycles. The fourth-order valence-corrected chi connectivity index (χ4v) is 0. The first kappa shape index (κ1) is 23.4. The first-order chi connectivity index (χ1) is 1.00. The quantitative estimate of drug-likeness (QED) is 0.507. The molecule has 0 aliphatic carbocycles. The van der Waals surface area contributed by atoms with E-state index >= 15 is 0 Å². The van der Waals surface area contributed by atoms with Crippen LogP contribution in [0.15, 0.2) is 0 Å². The van der Waals surface area contributed by atoms with Gasteiger partial charge < -0.3 is 0 Å². The fourth-order valence-electron chi connectivity index (χ4n) is 0. The van der Waals surface area contributed by atoms with E-state index in [9.17, 15) is 0 Å². The molecule has 0 atom stereocenters. The van der Waals surface area contributed by atoms with E-state index < -0.39 is 0 Å². The second-order valence-electron chi connectivity index (χ2n) is 0. The van der Waals surface area contributed by atoms with E-state index in [1.54, 1.807) is 0 Å². The van der Waals surface area contributed by atoms with Gasteiger partial charge in [-0.2, -0.15) is 0 Å². The summed E-state index contributed by atoms with van der Waals surface area (Å²) in [5, 5.41) is 0. The van der Waals surface area contributed by atoms with Crippen LogP contribution in [-0.2, 0) is 36.8 Å². The molecule has 0 aromatic heterocycles. The summed E-state index contributed by atoms with van der Waals surface area (Å²) < 4.78 is 8.00. The zero-order chi connectivity index (χ0) is 2.00. The fraction of sp³-hybridized carbons (Fsp3) is 0. The van der Waals surface area contributed by atoms with Gasteiger partial charge in [-0.15, -0.1) is 0 Å². The first-order valence-electron chi connectivity index (χ1n) is 0.144. The third kappa shape index (κ3) is 18.3. The summed E-state index contributed by atoms with van der Waals surface area (Å²) in [6.45, 7) is 0. The zero-order valence-electron chi connectivity index (χ0n) is 1.72. The molecule has 0 saturated heterocycles. The van der Waals surface area contributed by atoms with Gasteiger partial charge in [0.25, 0.3) is 0 Å². The molecule has 0 fully saturated rings. The van der Waals surface area contributed by atoms with Crippen molar-refractivity contribution in [3.63, 3.8) is 0 Å². The molecule has 2 radical (unpaired) electrons. The minimum atomic E-state index is 0. The summed E-state index contributed by atoms with van der Waals surface area (Å²) in [6, 6.07) is 0. The van der Waals surface area contributed by atoms with Gasteiger partial charge in [0.2, 0.25) is 0 Å². The molecular weight excluding hydrogens is 355 g/mol. The van der Waals surface area contributed by atoms with Crippen LogP contribution in [0, 0.1) is 41.3 Å². The van der Waals surface area contributed by atoms with Gasteiger partial charge in [0.15, 0.2) is 0 Å². The van der Waals surface area contributed by atoms with Crippen molar-refractivity contribution in [1.29, 1.82) is 0 Å². The van der Waals surface area contributed by atoms with Crippen molar-refractivity contribution >= 4 is 45.5 Å². The summed E-state index contributed by atoms with van der Waals surface area (Å²) in [7, 11) is 0. The summed E-state index contributed by atoms with van der Waals surface area (Å²) in [6.07, 6.45) is 0. The second-order valence-corrected chi connectivity index (χ2v) is 0. The van der Waals surface area contributed by atoms with Crippen LogP contribution in [0.1, 0.15) is 0 Å². The van der Waals surface area contributed by atoms with Crippen molar-refractivity contribution in [2.24, 2.45) is 0 Å². The molecule has 5 heteroatoms. The summed E-state index contributed by atoms with van der Waals surface area (Å²) in [4.78, 5) is 0. The van der Waals surface area contributed by atoms with Gasteiger partial charge in [0.1, 0.15) is 0 Å². The molecule has 0 amide bonds. The average Bonchev–Trinajstić information content (AvgIpc) is 1.00. The summed E-state index contributed by atoms with van der Waals surface area (Å²) in [5.41, 5.74) is 0. The number of rotatable bonds is 0. The predicted octanol–water partition coefficient (Wildman–Crippen LogP) is -1.04. The topological polar surface area (TPSA) is 17.1 Å². The number of hydrogen-bond acceptors (Lipinski definition) is 1. The molecule has 1 nitrogen and oxygen atoms in total. The van der Waals surface area contributed by atoms with Crippen molar-refractivity contribution in [3.05, 3.63) is 0 Å². The molecule has 28 valence electrons. The van der Waals surface area contributed by atoms with Crippen molar-refractivity contribution in [1.82, 2.24) is 0 Å². The van der Waals surface area contributed by atoms with E-state index in [-0.39, 0.29) is 104 Å². The molecule has 0 aromatic carbocycles. The van der Waals surface area contributed by atoms with E-state index in [0.29, 0.717) is 0 Å². The van der Waals surface area contributed by atoms with E-state index in [2.05, 4.69) is 0 Å². The van der Waals surface area contributed by atoms with E-state index in [4.69, 9.17) is 3.83 Å². The Hall–Kier alpha value is 3.68. The molecule has 0 rings (SSSR count). The van der Waals surface area contributed by atoms with Crippen LogP contribution in [0.4, 0.5) is 0 Å². The van der Waals surface area contributed by atoms with E-state index in [1.165, 1.54) is 0 Å². The van der Waals surface area contributed by atoms with E-state index in [1.807, 2.05) is 15.9 Å². The number of hydrogen-bond donors (Lipinski definition) is 0. The van der Waals surface area contributed by atoms with Crippen LogP contribution < -0.4 is 0 Å². The molecule has 0 spiro atoms. The molecule has 0 bridgehead atoms. The Morgan fingerprint density at radius 1 is 1.20 bits per heavy atom. The Balaban J connectivity index is -0.00000000167. The molecular formula is H2FeMnOPrSr. The minimum absolute atomic E-state index is 0. The molecule has 0 N–H and O–H groups in total. The molecule has 5 heavy (non-hydrogen) atoms. The van der Waals surface area contributed by atoms with Crippen molar-refractivity contribution in [3.8, 4) is 0 Å². The van der Waals surface area contributed by atoms with Gasteiger partial charge in [-0.25, -0.2) is 0 Å². The summed E-state index contributed by atoms with van der Waals surface area (Å²) in [5.74, 6) is 0. The zero-order valence-corrected chi connectivity index (χ0v) is 7.71. The first-order valence-corrected chi connectivity index (χ1v) is 0.595. The molecule has 0 saturated carbocycles. The van der Waals surface area contributed by atoms with Crippen LogP contribution >= 0.6 is 0 Å². The van der Waals surface area contributed by atoms with Gasteiger partial charge in [-0.3, -0.25) is 0 Å². The Morgan fingerprint density at radius 2 is 1.20 bits per heavy atom. The van der Waals surface area contributed by atoms with Crippen LogP contribution in [0.25, 0.3) is 0 Å². The molecule has 0 aliphatic heterocycles.